The molecule has 0 radical (unpaired) electrons. The molecule has 1 aliphatic carbocycles. The summed E-state index contributed by atoms with van der Waals surface area (Å²) in [6, 6.07) is 0. The average Bonchev–Trinajstić information content (AvgIpc) is 2.04. The van der Waals surface area contributed by atoms with Crippen molar-refractivity contribution in [2.75, 3.05) is 0 Å². The highest BCUT2D eigenvalue weighted by molar-refractivity contribution is 5.36. The average molecular weight is 136 g/mol. The molecule has 1 rings (SSSR count). The van der Waals surface area contributed by atoms with E-state index in [1.807, 2.05) is 19.9 Å². The molecule has 1 aliphatic rings. The number of allylic oxidation sites excluding steroid dienone is 5. The van der Waals surface area contributed by atoms with Gasteiger partial charge in [-0.15, -0.1) is 0 Å². The molecule has 0 aliphatic heterocycles. The van der Waals surface area contributed by atoms with E-state index in [1.165, 1.54) is 5.57 Å². The highest BCUT2D eigenvalue weighted by Gasteiger charge is 2.00. The fraction of sp³-hybridized carbons (Fsp3) is 0.333. The van der Waals surface area contributed by atoms with Crippen molar-refractivity contribution in [3.8, 4) is 0 Å². The maximum Gasteiger partial charge on any atom is 0.118 e. The third kappa shape index (κ3) is 1.29. The highest BCUT2D eigenvalue weighted by atomic mass is 16.3. The van der Waals surface area contributed by atoms with E-state index in [1.54, 1.807) is 6.08 Å². The molecular formula is C9H12O. The Morgan fingerprint density at radius 2 is 2.10 bits per heavy atom. The van der Waals surface area contributed by atoms with Crippen molar-refractivity contribution in [1.82, 2.24) is 0 Å². The van der Waals surface area contributed by atoms with E-state index in [0.29, 0.717) is 5.76 Å². The summed E-state index contributed by atoms with van der Waals surface area (Å²) in [5, 5.41) is 9.28. The molecule has 0 fully saturated rings. The number of rotatable bonds is 0. The van der Waals surface area contributed by atoms with Gasteiger partial charge in [-0.1, -0.05) is 12.2 Å². The van der Waals surface area contributed by atoms with E-state index in [4.69, 9.17) is 0 Å². The van der Waals surface area contributed by atoms with Gasteiger partial charge < -0.3 is 5.11 Å². The van der Waals surface area contributed by atoms with Crippen LogP contribution in [0.15, 0.2) is 35.1 Å². The van der Waals surface area contributed by atoms with Crippen molar-refractivity contribution in [2.45, 2.75) is 20.3 Å². The minimum atomic E-state index is 0.395. The Balaban J connectivity index is 3.02. The zero-order valence-corrected chi connectivity index (χ0v) is 6.39. The van der Waals surface area contributed by atoms with Crippen molar-refractivity contribution in [1.29, 1.82) is 0 Å². The highest BCUT2D eigenvalue weighted by Crippen LogP contribution is 2.16. The summed E-state index contributed by atoms with van der Waals surface area (Å²) >= 11 is 0. The quantitative estimate of drug-likeness (QED) is 0.543. The van der Waals surface area contributed by atoms with Crippen LogP contribution in [0.5, 0.6) is 0 Å². The molecule has 0 amide bonds. The van der Waals surface area contributed by atoms with Gasteiger partial charge in [-0.3, -0.25) is 0 Å². The van der Waals surface area contributed by atoms with Crippen LogP contribution < -0.4 is 0 Å². The predicted octanol–water partition coefficient (Wildman–Crippen LogP) is 2.72. The summed E-state index contributed by atoms with van der Waals surface area (Å²) in [6.07, 6.45) is 6.74. The van der Waals surface area contributed by atoms with Gasteiger partial charge in [0.1, 0.15) is 5.76 Å². The minimum absolute atomic E-state index is 0.395. The van der Waals surface area contributed by atoms with Gasteiger partial charge in [0.05, 0.1) is 0 Å². The second-order valence-electron chi connectivity index (χ2n) is 2.54. The molecule has 0 saturated heterocycles. The lowest BCUT2D eigenvalue weighted by Crippen LogP contribution is -1.83. The Morgan fingerprint density at radius 3 is 2.80 bits per heavy atom. The fourth-order valence-electron chi connectivity index (χ4n) is 0.905. The van der Waals surface area contributed by atoms with Gasteiger partial charge in [-0.05, 0) is 37.5 Å². The van der Waals surface area contributed by atoms with Gasteiger partial charge in [-0.2, -0.15) is 0 Å². The summed E-state index contributed by atoms with van der Waals surface area (Å²) in [4.78, 5) is 0. The maximum absolute atomic E-state index is 9.28. The number of hydrogen-bond donors (Lipinski definition) is 1. The van der Waals surface area contributed by atoms with Gasteiger partial charge in [-0.25, -0.2) is 0 Å². The zero-order chi connectivity index (χ0) is 7.56. The summed E-state index contributed by atoms with van der Waals surface area (Å²) in [6.45, 7) is 3.94. The Kier molecular flexibility index (Phi) is 1.95. The van der Waals surface area contributed by atoms with Crippen LogP contribution in [0.3, 0.4) is 0 Å². The number of aliphatic hydroxyl groups excluding tert-OH is 1. The Bertz CT molecular complexity index is 219. The molecule has 54 valence electrons. The van der Waals surface area contributed by atoms with Gasteiger partial charge in [0, 0.05) is 0 Å². The molecule has 0 aromatic carbocycles. The van der Waals surface area contributed by atoms with E-state index < -0.39 is 0 Å². The van der Waals surface area contributed by atoms with Crippen LogP contribution >= 0.6 is 0 Å². The summed E-state index contributed by atoms with van der Waals surface area (Å²) < 4.78 is 0. The van der Waals surface area contributed by atoms with E-state index in [2.05, 4.69) is 6.08 Å². The van der Waals surface area contributed by atoms with E-state index >= 15 is 0 Å². The first-order chi connectivity index (χ1) is 4.72. The van der Waals surface area contributed by atoms with Gasteiger partial charge in [0.2, 0.25) is 0 Å². The van der Waals surface area contributed by atoms with Crippen molar-refractivity contribution in [3.63, 3.8) is 0 Å². The van der Waals surface area contributed by atoms with Crippen LogP contribution in [0.25, 0.3) is 0 Å². The normalized spacial score (nSPS) is 18.8. The van der Waals surface area contributed by atoms with E-state index in [-0.39, 0.29) is 0 Å². The molecule has 10 heavy (non-hydrogen) atoms. The molecule has 1 heteroatoms. The van der Waals surface area contributed by atoms with Crippen molar-refractivity contribution >= 4 is 0 Å². The maximum atomic E-state index is 9.28. The molecule has 0 atom stereocenters. The molecule has 0 bridgehead atoms. The fourth-order valence-corrected chi connectivity index (χ4v) is 0.905. The third-order valence-corrected chi connectivity index (χ3v) is 1.81. The molecule has 0 aromatic heterocycles. The van der Waals surface area contributed by atoms with Crippen LogP contribution in [-0.4, -0.2) is 5.11 Å². The monoisotopic (exact) mass is 136 g/mol. The predicted molar refractivity (Wildman–Crippen MR) is 42.8 cm³/mol. The largest absolute Gasteiger partial charge is 0.508 e. The molecule has 0 heterocycles. The molecule has 0 saturated carbocycles. The number of aliphatic hydroxyl groups is 1. The second kappa shape index (κ2) is 2.74. The summed E-state index contributed by atoms with van der Waals surface area (Å²) in [5.41, 5.74) is 2.15. The second-order valence-corrected chi connectivity index (χ2v) is 2.54. The van der Waals surface area contributed by atoms with Crippen LogP contribution in [-0.2, 0) is 0 Å². The third-order valence-electron chi connectivity index (χ3n) is 1.81. The Hall–Kier alpha value is -0.980. The van der Waals surface area contributed by atoms with Crippen LogP contribution in [0.2, 0.25) is 0 Å². The first-order valence-electron chi connectivity index (χ1n) is 3.45. The van der Waals surface area contributed by atoms with Crippen LogP contribution in [0.1, 0.15) is 20.3 Å². The van der Waals surface area contributed by atoms with Gasteiger partial charge in [0.15, 0.2) is 0 Å². The summed E-state index contributed by atoms with van der Waals surface area (Å²) in [5.74, 6) is 0.395. The standard InChI is InChI=1S/C9H12O/c1-7-5-3-4-6-9(10)8(7)2/h4-6,10H,3H2,1-2H3. The van der Waals surface area contributed by atoms with Crippen molar-refractivity contribution in [2.24, 2.45) is 0 Å². The summed E-state index contributed by atoms with van der Waals surface area (Å²) in [7, 11) is 0. The van der Waals surface area contributed by atoms with E-state index in [0.717, 1.165) is 12.0 Å². The molecule has 1 N–H and O–H groups in total. The van der Waals surface area contributed by atoms with Crippen molar-refractivity contribution < 1.29 is 5.11 Å². The first-order valence-corrected chi connectivity index (χ1v) is 3.45. The van der Waals surface area contributed by atoms with E-state index in [9.17, 15) is 5.11 Å². The van der Waals surface area contributed by atoms with Crippen molar-refractivity contribution in [3.05, 3.63) is 35.1 Å². The lowest BCUT2D eigenvalue weighted by atomic mass is 10.1. The lowest BCUT2D eigenvalue weighted by molar-refractivity contribution is 0.427. The molecule has 0 unspecified atom stereocenters. The molecule has 0 spiro atoms. The first kappa shape index (κ1) is 7.13. The van der Waals surface area contributed by atoms with Gasteiger partial charge in [0.25, 0.3) is 0 Å². The molecular weight excluding hydrogens is 124 g/mol. The lowest BCUT2D eigenvalue weighted by Gasteiger charge is -1.99. The minimum Gasteiger partial charge on any atom is -0.508 e. The Labute approximate surface area is 61.4 Å². The topological polar surface area (TPSA) is 20.2 Å². The molecule has 1 nitrogen and oxygen atoms in total. The Morgan fingerprint density at radius 1 is 1.40 bits per heavy atom. The van der Waals surface area contributed by atoms with Crippen LogP contribution in [0.4, 0.5) is 0 Å². The smallest absolute Gasteiger partial charge is 0.118 e. The number of hydrogen-bond acceptors (Lipinski definition) is 1. The zero-order valence-electron chi connectivity index (χ0n) is 6.39. The SMILES string of the molecule is CC1=CCC=CC(O)=C1C. The van der Waals surface area contributed by atoms with Gasteiger partial charge >= 0.3 is 0 Å². The molecule has 0 aromatic rings. The van der Waals surface area contributed by atoms with Crippen LogP contribution in [0, 0.1) is 0 Å².